The Morgan fingerprint density at radius 1 is 1.26 bits per heavy atom. The summed E-state index contributed by atoms with van der Waals surface area (Å²) < 4.78 is 5.70. The number of piperidine rings is 1. The Hall–Kier alpha value is -0.610. The molecule has 2 rings (SSSR count). The Morgan fingerprint density at radius 2 is 2.00 bits per heavy atom. The molecule has 2 N–H and O–H groups in total. The van der Waals surface area contributed by atoms with Crippen molar-refractivity contribution in [1.82, 2.24) is 10.6 Å². The Balaban J connectivity index is 1.71. The van der Waals surface area contributed by atoms with Crippen LogP contribution in [0, 0.1) is 5.41 Å². The van der Waals surface area contributed by atoms with Crippen LogP contribution in [0.25, 0.3) is 0 Å². The van der Waals surface area contributed by atoms with E-state index in [4.69, 9.17) is 4.74 Å². The van der Waals surface area contributed by atoms with Gasteiger partial charge in [0.15, 0.2) is 0 Å². The van der Waals surface area contributed by atoms with Crippen LogP contribution >= 0.6 is 0 Å². The van der Waals surface area contributed by atoms with Crippen LogP contribution in [0.1, 0.15) is 52.4 Å². The van der Waals surface area contributed by atoms with Crippen molar-refractivity contribution in [2.75, 3.05) is 19.7 Å². The minimum atomic E-state index is 0.0542. The summed E-state index contributed by atoms with van der Waals surface area (Å²) >= 11 is 0. The van der Waals surface area contributed by atoms with Gasteiger partial charge in [0.05, 0.1) is 6.10 Å². The first-order valence-electron chi connectivity index (χ1n) is 7.69. The first-order chi connectivity index (χ1) is 9.08. The first-order valence-corrected chi connectivity index (χ1v) is 7.69. The molecular weight excluding hydrogens is 240 g/mol. The zero-order chi connectivity index (χ0) is 13.7. The molecule has 0 aromatic heterocycles. The van der Waals surface area contributed by atoms with Gasteiger partial charge < -0.3 is 15.4 Å². The van der Waals surface area contributed by atoms with Crippen LogP contribution in [0.2, 0.25) is 0 Å². The predicted molar refractivity (Wildman–Crippen MR) is 76.0 cm³/mol. The smallest absolute Gasteiger partial charge is 0.246 e. The topological polar surface area (TPSA) is 50.4 Å². The monoisotopic (exact) mass is 268 g/mol. The number of ether oxygens (including phenoxy) is 1. The van der Waals surface area contributed by atoms with E-state index in [0.29, 0.717) is 6.04 Å². The molecule has 0 spiro atoms. The van der Waals surface area contributed by atoms with Gasteiger partial charge in [-0.25, -0.2) is 0 Å². The lowest BCUT2D eigenvalue weighted by Crippen LogP contribution is -2.48. The maximum Gasteiger partial charge on any atom is 0.246 e. The van der Waals surface area contributed by atoms with E-state index < -0.39 is 0 Å². The van der Waals surface area contributed by atoms with Gasteiger partial charge >= 0.3 is 0 Å². The summed E-state index contributed by atoms with van der Waals surface area (Å²) in [5.41, 5.74) is 0.225. The van der Waals surface area contributed by atoms with Crippen molar-refractivity contribution < 1.29 is 9.53 Å². The highest BCUT2D eigenvalue weighted by Gasteiger charge is 2.33. The Labute approximate surface area is 116 Å². The standard InChI is InChI=1S/C15H28N2O2/c1-15(2)8-4-3-5-13(15)17-14(18)11-19-12-6-9-16-10-7-12/h12-13,16H,3-11H2,1-2H3,(H,17,18). The summed E-state index contributed by atoms with van der Waals surface area (Å²) in [5.74, 6) is 0.0542. The number of hydrogen-bond donors (Lipinski definition) is 2. The maximum absolute atomic E-state index is 12.0. The molecule has 2 aliphatic rings. The van der Waals surface area contributed by atoms with Gasteiger partial charge in [-0.3, -0.25) is 4.79 Å². The van der Waals surface area contributed by atoms with Crippen LogP contribution in [0.5, 0.6) is 0 Å². The number of nitrogens with one attached hydrogen (secondary N) is 2. The average Bonchev–Trinajstić information content (AvgIpc) is 2.40. The van der Waals surface area contributed by atoms with E-state index in [9.17, 15) is 4.79 Å². The van der Waals surface area contributed by atoms with Gasteiger partial charge in [0, 0.05) is 6.04 Å². The second-order valence-corrected chi connectivity index (χ2v) is 6.61. The normalized spacial score (nSPS) is 28.0. The Kier molecular flexibility index (Phi) is 5.22. The van der Waals surface area contributed by atoms with E-state index in [-0.39, 0.29) is 24.0 Å². The number of rotatable bonds is 4. The van der Waals surface area contributed by atoms with Crippen molar-refractivity contribution >= 4 is 5.91 Å². The molecule has 1 saturated heterocycles. The van der Waals surface area contributed by atoms with E-state index in [0.717, 1.165) is 32.4 Å². The minimum Gasteiger partial charge on any atom is -0.368 e. The molecule has 1 unspecified atom stereocenters. The molecule has 1 amide bonds. The van der Waals surface area contributed by atoms with Crippen LogP contribution in [-0.2, 0) is 9.53 Å². The molecule has 0 bridgehead atoms. The highest BCUT2D eigenvalue weighted by atomic mass is 16.5. The average molecular weight is 268 g/mol. The zero-order valence-electron chi connectivity index (χ0n) is 12.3. The number of carbonyl (C=O) groups excluding carboxylic acids is 1. The van der Waals surface area contributed by atoms with Crippen LogP contribution in [0.3, 0.4) is 0 Å². The van der Waals surface area contributed by atoms with Crippen LogP contribution < -0.4 is 10.6 Å². The lowest BCUT2D eigenvalue weighted by molar-refractivity contribution is -0.130. The van der Waals surface area contributed by atoms with Crippen molar-refractivity contribution in [2.45, 2.75) is 64.5 Å². The Bertz CT molecular complexity index is 299. The molecule has 110 valence electrons. The van der Waals surface area contributed by atoms with E-state index in [2.05, 4.69) is 24.5 Å². The van der Waals surface area contributed by atoms with Crippen molar-refractivity contribution in [2.24, 2.45) is 5.41 Å². The molecule has 0 aromatic rings. The molecular formula is C15H28N2O2. The molecule has 1 aliphatic heterocycles. The number of carbonyl (C=O) groups is 1. The van der Waals surface area contributed by atoms with E-state index in [1.807, 2.05) is 0 Å². The third-order valence-corrected chi connectivity index (χ3v) is 4.58. The Morgan fingerprint density at radius 3 is 2.68 bits per heavy atom. The van der Waals surface area contributed by atoms with Crippen molar-refractivity contribution in [3.8, 4) is 0 Å². The summed E-state index contributed by atoms with van der Waals surface area (Å²) in [6, 6.07) is 0.311. The van der Waals surface area contributed by atoms with E-state index in [1.54, 1.807) is 0 Å². The van der Waals surface area contributed by atoms with Gasteiger partial charge in [-0.15, -0.1) is 0 Å². The van der Waals surface area contributed by atoms with Gasteiger partial charge in [0.2, 0.25) is 5.91 Å². The van der Waals surface area contributed by atoms with Gasteiger partial charge in [0.1, 0.15) is 6.61 Å². The molecule has 1 atom stereocenters. The molecule has 1 heterocycles. The van der Waals surface area contributed by atoms with Gasteiger partial charge in [-0.2, -0.15) is 0 Å². The molecule has 1 aliphatic carbocycles. The van der Waals surface area contributed by atoms with Crippen molar-refractivity contribution in [1.29, 1.82) is 0 Å². The molecule has 4 heteroatoms. The van der Waals surface area contributed by atoms with E-state index in [1.165, 1.54) is 19.3 Å². The maximum atomic E-state index is 12.0. The summed E-state index contributed by atoms with van der Waals surface area (Å²) in [7, 11) is 0. The zero-order valence-corrected chi connectivity index (χ0v) is 12.3. The fourth-order valence-corrected chi connectivity index (χ4v) is 3.15. The summed E-state index contributed by atoms with van der Waals surface area (Å²) in [6.45, 7) is 6.73. The first kappa shape index (κ1) is 14.8. The van der Waals surface area contributed by atoms with E-state index >= 15 is 0 Å². The van der Waals surface area contributed by atoms with Crippen LogP contribution in [0.15, 0.2) is 0 Å². The van der Waals surface area contributed by atoms with Crippen LogP contribution in [-0.4, -0.2) is 37.7 Å². The summed E-state index contributed by atoms with van der Waals surface area (Å²) in [4.78, 5) is 12.0. The molecule has 2 fully saturated rings. The lowest BCUT2D eigenvalue weighted by Gasteiger charge is -2.39. The molecule has 1 saturated carbocycles. The van der Waals surface area contributed by atoms with Crippen LogP contribution in [0.4, 0.5) is 0 Å². The van der Waals surface area contributed by atoms with Gasteiger partial charge in [0.25, 0.3) is 0 Å². The highest BCUT2D eigenvalue weighted by molar-refractivity contribution is 5.77. The number of amides is 1. The van der Waals surface area contributed by atoms with Gasteiger partial charge in [-0.05, 0) is 44.2 Å². The van der Waals surface area contributed by atoms with Gasteiger partial charge in [-0.1, -0.05) is 26.7 Å². The molecule has 4 nitrogen and oxygen atoms in total. The summed E-state index contributed by atoms with van der Waals surface area (Å²) in [6.07, 6.45) is 7.10. The fourth-order valence-electron chi connectivity index (χ4n) is 3.15. The fraction of sp³-hybridized carbons (Fsp3) is 0.933. The highest BCUT2D eigenvalue weighted by Crippen LogP contribution is 2.35. The molecule has 0 aromatic carbocycles. The largest absolute Gasteiger partial charge is 0.368 e. The molecule has 0 radical (unpaired) electrons. The van der Waals surface area contributed by atoms with Crippen molar-refractivity contribution in [3.05, 3.63) is 0 Å². The lowest BCUT2D eigenvalue weighted by atomic mass is 9.73. The van der Waals surface area contributed by atoms with Crippen molar-refractivity contribution in [3.63, 3.8) is 0 Å². The quantitative estimate of drug-likeness (QED) is 0.818. The second kappa shape index (κ2) is 6.71. The third-order valence-electron chi connectivity index (χ3n) is 4.58. The molecule has 19 heavy (non-hydrogen) atoms. The summed E-state index contributed by atoms with van der Waals surface area (Å²) in [5, 5.41) is 6.47. The minimum absolute atomic E-state index is 0.0542. The third kappa shape index (κ3) is 4.46. The number of hydrogen-bond acceptors (Lipinski definition) is 3. The second-order valence-electron chi connectivity index (χ2n) is 6.61. The SMILES string of the molecule is CC1(C)CCCCC1NC(=O)COC1CCNCC1. The predicted octanol–water partition coefficient (Wildman–Crippen LogP) is 1.84.